The highest BCUT2D eigenvalue weighted by Gasteiger charge is 2.13. The predicted octanol–water partition coefficient (Wildman–Crippen LogP) is 4.35. The van der Waals surface area contributed by atoms with Crippen molar-refractivity contribution < 1.29 is 4.79 Å². The van der Waals surface area contributed by atoms with E-state index < -0.39 is 0 Å². The molecule has 2 amide bonds. The molecule has 0 spiro atoms. The van der Waals surface area contributed by atoms with Gasteiger partial charge in [-0.2, -0.15) is 5.26 Å². The molecule has 1 aliphatic carbocycles. The Hall–Kier alpha value is -1.67. The number of nitrogens with one attached hydrogen (secondary N) is 2. The molecule has 1 saturated carbocycles. The fourth-order valence-corrected chi connectivity index (χ4v) is 3.08. The Labute approximate surface area is 130 Å². The van der Waals surface area contributed by atoms with E-state index in [2.05, 4.69) is 10.6 Å². The van der Waals surface area contributed by atoms with Gasteiger partial charge < -0.3 is 10.6 Å². The Morgan fingerprint density at radius 2 is 1.95 bits per heavy atom. The van der Waals surface area contributed by atoms with E-state index >= 15 is 0 Å². The molecule has 0 radical (unpaired) electrons. The number of nitriles is 1. The van der Waals surface area contributed by atoms with Crippen molar-refractivity contribution in [2.24, 2.45) is 5.92 Å². The van der Waals surface area contributed by atoms with E-state index in [1.165, 1.54) is 32.1 Å². The molecule has 0 heterocycles. The maximum Gasteiger partial charge on any atom is 0.319 e. The summed E-state index contributed by atoms with van der Waals surface area (Å²) >= 11 is 1.11. The van der Waals surface area contributed by atoms with Gasteiger partial charge in [0, 0.05) is 17.1 Å². The Morgan fingerprint density at radius 1 is 1.24 bits per heavy atom. The lowest BCUT2D eigenvalue weighted by molar-refractivity contribution is 0.250. The lowest BCUT2D eigenvalue weighted by Gasteiger charge is -2.21. The Bertz CT molecular complexity index is 489. The molecule has 112 valence electrons. The zero-order valence-electron chi connectivity index (χ0n) is 12.1. The second kappa shape index (κ2) is 8.58. The second-order valence-electron chi connectivity index (χ2n) is 5.39. The van der Waals surface area contributed by atoms with Gasteiger partial charge in [-0.3, -0.25) is 0 Å². The standard InChI is InChI=1S/C16H21N3OS/c17-12-21-15-8-6-14(7-9-15)19-16(20)18-11-10-13-4-2-1-3-5-13/h6-9,13H,1-5,10-11H2,(H2,18,19,20). The van der Waals surface area contributed by atoms with Gasteiger partial charge in [-0.05, 0) is 48.4 Å². The first-order chi connectivity index (χ1) is 10.3. The van der Waals surface area contributed by atoms with Gasteiger partial charge in [-0.25, -0.2) is 4.79 Å². The van der Waals surface area contributed by atoms with Crippen molar-refractivity contribution >= 4 is 23.5 Å². The summed E-state index contributed by atoms with van der Waals surface area (Å²) < 4.78 is 0. The van der Waals surface area contributed by atoms with E-state index in [1.54, 1.807) is 12.1 Å². The SMILES string of the molecule is N#CSc1ccc(NC(=O)NCCC2CCCCC2)cc1. The molecular formula is C16H21N3OS. The normalized spacial score (nSPS) is 15.2. The quantitative estimate of drug-likeness (QED) is 0.627. The van der Waals surface area contributed by atoms with Crippen molar-refractivity contribution in [3.8, 4) is 5.40 Å². The molecule has 0 unspecified atom stereocenters. The van der Waals surface area contributed by atoms with Crippen LogP contribution >= 0.6 is 11.8 Å². The summed E-state index contributed by atoms with van der Waals surface area (Å²) in [5.41, 5.74) is 0.743. The minimum atomic E-state index is -0.161. The molecule has 4 nitrogen and oxygen atoms in total. The Morgan fingerprint density at radius 3 is 2.62 bits per heavy atom. The lowest BCUT2D eigenvalue weighted by atomic mass is 9.87. The molecule has 1 fully saturated rings. The molecule has 2 N–H and O–H groups in total. The van der Waals surface area contributed by atoms with E-state index in [4.69, 9.17) is 5.26 Å². The van der Waals surface area contributed by atoms with Gasteiger partial charge in [-0.15, -0.1) is 0 Å². The van der Waals surface area contributed by atoms with Crippen LogP contribution in [0, 0.1) is 16.6 Å². The van der Waals surface area contributed by atoms with Crippen LogP contribution in [0.1, 0.15) is 38.5 Å². The minimum Gasteiger partial charge on any atom is -0.338 e. The van der Waals surface area contributed by atoms with Gasteiger partial charge >= 0.3 is 6.03 Å². The minimum absolute atomic E-state index is 0.161. The Kier molecular flexibility index (Phi) is 6.42. The number of urea groups is 1. The van der Waals surface area contributed by atoms with E-state index in [9.17, 15) is 4.79 Å². The summed E-state index contributed by atoms with van der Waals surface area (Å²) in [6, 6.07) is 7.10. The van der Waals surface area contributed by atoms with Crippen molar-refractivity contribution in [3.05, 3.63) is 24.3 Å². The summed E-state index contributed by atoms with van der Waals surface area (Å²) in [5, 5.41) is 16.3. The molecule has 1 aromatic carbocycles. The van der Waals surface area contributed by atoms with Crippen LogP contribution in [0.25, 0.3) is 0 Å². The monoisotopic (exact) mass is 303 g/mol. The Balaban J connectivity index is 1.67. The highest BCUT2D eigenvalue weighted by molar-refractivity contribution is 8.03. The summed E-state index contributed by atoms with van der Waals surface area (Å²) in [7, 11) is 0. The van der Waals surface area contributed by atoms with E-state index in [0.29, 0.717) is 0 Å². The average Bonchev–Trinajstić information content (AvgIpc) is 2.51. The maximum atomic E-state index is 11.8. The van der Waals surface area contributed by atoms with Crippen molar-refractivity contribution in [1.82, 2.24) is 5.32 Å². The van der Waals surface area contributed by atoms with Gasteiger partial charge in [0.15, 0.2) is 0 Å². The van der Waals surface area contributed by atoms with Crippen molar-refractivity contribution in [3.63, 3.8) is 0 Å². The molecule has 0 aromatic heterocycles. The highest BCUT2D eigenvalue weighted by Crippen LogP contribution is 2.25. The topological polar surface area (TPSA) is 64.9 Å². The van der Waals surface area contributed by atoms with Crippen LogP contribution in [0.15, 0.2) is 29.2 Å². The second-order valence-corrected chi connectivity index (χ2v) is 6.25. The van der Waals surface area contributed by atoms with Crippen molar-refractivity contribution in [1.29, 1.82) is 5.26 Å². The summed E-state index contributed by atoms with van der Waals surface area (Å²) in [4.78, 5) is 12.7. The average molecular weight is 303 g/mol. The third kappa shape index (κ3) is 5.68. The molecule has 0 atom stereocenters. The zero-order valence-corrected chi connectivity index (χ0v) is 12.9. The number of anilines is 1. The van der Waals surface area contributed by atoms with Crippen LogP contribution in [0.4, 0.5) is 10.5 Å². The summed E-state index contributed by atoms with van der Waals surface area (Å²) in [6.07, 6.45) is 7.73. The van der Waals surface area contributed by atoms with Gasteiger partial charge in [0.25, 0.3) is 0 Å². The van der Waals surface area contributed by atoms with Crippen LogP contribution in [0.2, 0.25) is 0 Å². The smallest absolute Gasteiger partial charge is 0.319 e. The number of rotatable bonds is 5. The number of thiocyanates is 1. The maximum absolute atomic E-state index is 11.8. The van der Waals surface area contributed by atoms with Crippen LogP contribution in [0.3, 0.4) is 0 Å². The molecule has 1 aromatic rings. The van der Waals surface area contributed by atoms with E-state index in [1.807, 2.05) is 17.5 Å². The molecule has 0 aliphatic heterocycles. The number of nitrogens with zero attached hydrogens (tertiary/aromatic N) is 1. The molecular weight excluding hydrogens is 282 g/mol. The van der Waals surface area contributed by atoms with Crippen LogP contribution in [-0.4, -0.2) is 12.6 Å². The number of hydrogen-bond acceptors (Lipinski definition) is 3. The van der Waals surface area contributed by atoms with Crippen molar-refractivity contribution in [2.75, 3.05) is 11.9 Å². The fraction of sp³-hybridized carbons (Fsp3) is 0.500. The van der Waals surface area contributed by atoms with Gasteiger partial charge in [-0.1, -0.05) is 32.1 Å². The van der Waals surface area contributed by atoms with Crippen LogP contribution in [-0.2, 0) is 0 Å². The van der Waals surface area contributed by atoms with Crippen LogP contribution < -0.4 is 10.6 Å². The number of benzene rings is 1. The van der Waals surface area contributed by atoms with E-state index in [-0.39, 0.29) is 6.03 Å². The lowest BCUT2D eigenvalue weighted by Crippen LogP contribution is -2.30. The molecule has 21 heavy (non-hydrogen) atoms. The first-order valence-electron chi connectivity index (χ1n) is 7.49. The molecule has 1 aliphatic rings. The third-order valence-corrected chi connectivity index (χ3v) is 4.44. The first-order valence-corrected chi connectivity index (χ1v) is 8.30. The zero-order chi connectivity index (χ0) is 14.9. The number of hydrogen-bond donors (Lipinski definition) is 2. The van der Waals surface area contributed by atoms with Gasteiger partial charge in [0.2, 0.25) is 0 Å². The summed E-state index contributed by atoms with van der Waals surface area (Å²) in [5.74, 6) is 0.779. The van der Waals surface area contributed by atoms with Gasteiger partial charge in [0.05, 0.1) is 0 Å². The summed E-state index contributed by atoms with van der Waals surface area (Å²) in [6.45, 7) is 0.735. The van der Waals surface area contributed by atoms with Gasteiger partial charge in [0.1, 0.15) is 5.40 Å². The number of carbonyl (C=O) groups excluding carboxylic acids is 1. The number of amides is 2. The molecule has 0 saturated heterocycles. The van der Waals surface area contributed by atoms with Crippen molar-refractivity contribution in [2.45, 2.75) is 43.4 Å². The fourth-order valence-electron chi connectivity index (χ4n) is 2.70. The first kappa shape index (κ1) is 15.7. The molecule has 2 rings (SSSR count). The number of thioether (sulfide) groups is 1. The molecule has 0 bridgehead atoms. The predicted molar refractivity (Wildman–Crippen MR) is 86.1 cm³/mol. The molecule has 5 heteroatoms. The largest absolute Gasteiger partial charge is 0.338 e. The van der Waals surface area contributed by atoms with E-state index in [0.717, 1.165) is 41.2 Å². The van der Waals surface area contributed by atoms with Crippen LogP contribution in [0.5, 0.6) is 0 Å². The third-order valence-electron chi connectivity index (χ3n) is 3.84. The highest BCUT2D eigenvalue weighted by atomic mass is 32.2. The number of carbonyl (C=O) groups is 1.